The molecular formula is C20H20F3NO6. The number of halogens is 3. The zero-order valence-electron chi connectivity index (χ0n) is 15.7. The molecular weight excluding hydrogens is 407 g/mol. The van der Waals surface area contributed by atoms with Gasteiger partial charge in [-0.05, 0) is 42.8 Å². The number of nitrogens with zero attached hydrogens (tertiary/aromatic N) is 1. The van der Waals surface area contributed by atoms with Crippen LogP contribution in [0.5, 0.6) is 5.75 Å². The van der Waals surface area contributed by atoms with Crippen molar-refractivity contribution in [3.05, 3.63) is 47.7 Å². The Morgan fingerprint density at radius 1 is 1.17 bits per heavy atom. The molecule has 2 fully saturated rings. The van der Waals surface area contributed by atoms with Crippen molar-refractivity contribution in [2.45, 2.75) is 37.4 Å². The maximum Gasteiger partial charge on any atom is 0.416 e. The molecule has 0 spiro atoms. The molecule has 1 saturated carbocycles. The first-order valence-electron chi connectivity index (χ1n) is 9.24. The molecule has 10 heteroatoms. The third-order valence-electron chi connectivity index (χ3n) is 5.73. The van der Waals surface area contributed by atoms with E-state index in [2.05, 4.69) is 4.98 Å². The molecule has 30 heavy (non-hydrogen) atoms. The number of aliphatic hydroxyl groups is 4. The predicted octanol–water partition coefficient (Wildman–Crippen LogP) is 1.46. The summed E-state index contributed by atoms with van der Waals surface area (Å²) in [5, 5.41) is 40.0. The first-order chi connectivity index (χ1) is 14.1. The van der Waals surface area contributed by atoms with Gasteiger partial charge in [0.05, 0.1) is 36.0 Å². The Labute approximate surface area is 169 Å². The minimum atomic E-state index is -4.48. The summed E-state index contributed by atoms with van der Waals surface area (Å²) in [6.45, 7) is 1.10. The van der Waals surface area contributed by atoms with Crippen LogP contribution in [0.2, 0.25) is 0 Å². The molecule has 0 amide bonds. The van der Waals surface area contributed by atoms with Gasteiger partial charge in [-0.3, -0.25) is 4.98 Å². The number of aryl methyl sites for hydroxylation is 1. The van der Waals surface area contributed by atoms with Crippen LogP contribution in [0.4, 0.5) is 13.2 Å². The standard InChI is InChI=1S/C20H20F3NO6/c1-9-6-10(13-7-11(4-5-24-13)20(21,22)23)2-3-14(9)29-18-15-17(27)16(26)12(8-25)19(15,28)30-18/h2-7,12,15-18,25-28H,8H2,1H3/t12?,15?,16-,17?,18+,19?/m1/s1. The van der Waals surface area contributed by atoms with Crippen LogP contribution >= 0.6 is 0 Å². The van der Waals surface area contributed by atoms with Gasteiger partial charge in [0, 0.05) is 11.8 Å². The van der Waals surface area contributed by atoms with Crippen molar-refractivity contribution in [1.29, 1.82) is 0 Å². The van der Waals surface area contributed by atoms with Crippen molar-refractivity contribution in [2.24, 2.45) is 11.8 Å². The third-order valence-corrected chi connectivity index (χ3v) is 5.73. The zero-order valence-corrected chi connectivity index (χ0v) is 15.7. The van der Waals surface area contributed by atoms with Crippen molar-refractivity contribution >= 4 is 0 Å². The Balaban J connectivity index is 1.53. The quantitative estimate of drug-likeness (QED) is 0.585. The topological polar surface area (TPSA) is 112 Å². The molecule has 1 aromatic heterocycles. The van der Waals surface area contributed by atoms with Crippen LogP contribution in [0.1, 0.15) is 11.1 Å². The Kier molecular flexibility index (Phi) is 5.02. The number of alkyl halides is 3. The largest absolute Gasteiger partial charge is 0.464 e. The van der Waals surface area contributed by atoms with E-state index < -0.39 is 54.5 Å². The molecule has 2 aromatic rings. The minimum absolute atomic E-state index is 0.147. The highest BCUT2D eigenvalue weighted by atomic mass is 19.4. The van der Waals surface area contributed by atoms with Crippen molar-refractivity contribution in [3.63, 3.8) is 0 Å². The molecule has 1 aromatic carbocycles. The van der Waals surface area contributed by atoms with E-state index in [0.29, 0.717) is 16.9 Å². The molecule has 1 aliphatic carbocycles. The van der Waals surface area contributed by atoms with E-state index in [-0.39, 0.29) is 5.69 Å². The summed E-state index contributed by atoms with van der Waals surface area (Å²) in [7, 11) is 0. The molecule has 6 atom stereocenters. The van der Waals surface area contributed by atoms with Gasteiger partial charge in [0.15, 0.2) is 5.79 Å². The number of hydrogen-bond acceptors (Lipinski definition) is 7. The van der Waals surface area contributed by atoms with E-state index in [1.54, 1.807) is 13.0 Å². The van der Waals surface area contributed by atoms with Crippen molar-refractivity contribution in [2.75, 3.05) is 6.61 Å². The average molecular weight is 427 g/mol. The summed E-state index contributed by atoms with van der Waals surface area (Å²) in [6, 6.07) is 6.50. The Morgan fingerprint density at radius 2 is 1.90 bits per heavy atom. The number of hydrogen-bond donors (Lipinski definition) is 4. The van der Waals surface area contributed by atoms with Crippen LogP contribution in [-0.4, -0.2) is 56.3 Å². The van der Waals surface area contributed by atoms with Crippen LogP contribution in [0.25, 0.3) is 11.3 Å². The number of ether oxygens (including phenoxy) is 2. The molecule has 1 aliphatic heterocycles. The zero-order chi connectivity index (χ0) is 21.8. The smallest absolute Gasteiger partial charge is 0.416 e. The van der Waals surface area contributed by atoms with Crippen molar-refractivity contribution < 1.29 is 43.1 Å². The number of benzene rings is 1. The highest BCUT2D eigenvalue weighted by Gasteiger charge is 2.71. The van der Waals surface area contributed by atoms with E-state index in [4.69, 9.17) is 9.47 Å². The summed E-state index contributed by atoms with van der Waals surface area (Å²) in [5.74, 6) is -3.60. The number of pyridine rings is 1. The lowest BCUT2D eigenvalue weighted by Gasteiger charge is -2.49. The van der Waals surface area contributed by atoms with E-state index in [1.165, 1.54) is 12.1 Å². The van der Waals surface area contributed by atoms with Gasteiger partial charge in [0.1, 0.15) is 11.7 Å². The summed E-state index contributed by atoms with van der Waals surface area (Å²) >= 11 is 0. The number of aliphatic hydroxyl groups excluding tert-OH is 3. The van der Waals surface area contributed by atoms with Crippen LogP contribution in [-0.2, 0) is 10.9 Å². The van der Waals surface area contributed by atoms with Crippen LogP contribution < -0.4 is 4.74 Å². The Morgan fingerprint density at radius 3 is 2.53 bits per heavy atom. The van der Waals surface area contributed by atoms with Gasteiger partial charge in [-0.25, -0.2) is 0 Å². The van der Waals surface area contributed by atoms with Crippen LogP contribution in [0, 0.1) is 18.8 Å². The molecule has 7 nitrogen and oxygen atoms in total. The van der Waals surface area contributed by atoms with Gasteiger partial charge in [-0.2, -0.15) is 13.2 Å². The van der Waals surface area contributed by atoms with Gasteiger partial charge in [0.2, 0.25) is 6.29 Å². The summed E-state index contributed by atoms with van der Waals surface area (Å²) in [4.78, 5) is 3.99. The maximum atomic E-state index is 12.9. The molecule has 0 radical (unpaired) electrons. The fourth-order valence-electron chi connectivity index (χ4n) is 4.06. The first-order valence-corrected chi connectivity index (χ1v) is 9.24. The second kappa shape index (κ2) is 7.17. The molecule has 2 heterocycles. The fourth-order valence-corrected chi connectivity index (χ4v) is 4.06. The number of aromatic nitrogens is 1. The van der Waals surface area contributed by atoms with Crippen LogP contribution in [0.15, 0.2) is 36.5 Å². The van der Waals surface area contributed by atoms with E-state index >= 15 is 0 Å². The molecule has 4 rings (SSSR count). The average Bonchev–Trinajstić information content (AvgIpc) is 2.82. The molecule has 1 saturated heterocycles. The number of rotatable bonds is 4. The maximum absolute atomic E-state index is 12.9. The van der Waals surface area contributed by atoms with Gasteiger partial charge >= 0.3 is 6.18 Å². The van der Waals surface area contributed by atoms with Crippen LogP contribution in [0.3, 0.4) is 0 Å². The fraction of sp³-hybridized carbons (Fsp3) is 0.450. The Bertz CT molecular complexity index is 954. The lowest BCUT2D eigenvalue weighted by molar-refractivity contribution is -0.422. The SMILES string of the molecule is Cc1cc(-c2cc(C(F)(F)F)ccn2)ccc1O[C@H]1OC2(O)C1C(O)[C@H](O)C2CO. The van der Waals surface area contributed by atoms with E-state index in [0.717, 1.165) is 18.3 Å². The molecule has 162 valence electrons. The van der Waals surface area contributed by atoms with Crippen molar-refractivity contribution in [1.82, 2.24) is 4.98 Å². The molecule has 4 N–H and O–H groups in total. The van der Waals surface area contributed by atoms with Gasteiger partial charge in [0.25, 0.3) is 0 Å². The summed E-state index contributed by atoms with van der Waals surface area (Å²) < 4.78 is 49.8. The number of fused-ring (bicyclic) bond motifs is 1. The lowest BCUT2D eigenvalue weighted by Crippen LogP contribution is -2.64. The van der Waals surface area contributed by atoms with Gasteiger partial charge in [-0.1, -0.05) is 0 Å². The second-order valence-corrected chi connectivity index (χ2v) is 7.56. The Hall–Kier alpha value is -2.24. The van der Waals surface area contributed by atoms with Crippen molar-refractivity contribution in [3.8, 4) is 17.0 Å². The highest BCUT2D eigenvalue weighted by Crippen LogP contribution is 2.53. The van der Waals surface area contributed by atoms with Gasteiger partial charge in [-0.15, -0.1) is 0 Å². The second-order valence-electron chi connectivity index (χ2n) is 7.56. The molecule has 4 unspecified atom stereocenters. The molecule has 0 bridgehead atoms. The predicted molar refractivity (Wildman–Crippen MR) is 95.9 cm³/mol. The van der Waals surface area contributed by atoms with E-state index in [9.17, 15) is 33.6 Å². The summed E-state index contributed by atoms with van der Waals surface area (Å²) in [6.07, 6.45) is -7.17. The highest BCUT2D eigenvalue weighted by molar-refractivity contribution is 5.62. The normalized spacial score (nSPS) is 33.1. The molecule has 2 aliphatic rings. The van der Waals surface area contributed by atoms with Gasteiger partial charge < -0.3 is 29.9 Å². The van der Waals surface area contributed by atoms with E-state index in [1.807, 2.05) is 0 Å². The minimum Gasteiger partial charge on any atom is -0.464 e. The third kappa shape index (κ3) is 3.25. The summed E-state index contributed by atoms with van der Waals surface area (Å²) in [5.41, 5.74) is 0.361. The first kappa shape index (κ1) is 21.0. The lowest BCUT2D eigenvalue weighted by atomic mass is 9.89. The monoisotopic (exact) mass is 427 g/mol.